The second-order valence-corrected chi connectivity index (χ2v) is 4.39. The van der Waals surface area contributed by atoms with E-state index in [1.54, 1.807) is 20.4 Å². The maximum atomic E-state index is 5.42. The molecule has 1 aromatic heterocycles. The molecule has 0 fully saturated rings. The number of nitrogens with zero attached hydrogens (tertiary/aromatic N) is 1. The molecule has 0 saturated heterocycles. The summed E-state index contributed by atoms with van der Waals surface area (Å²) in [6, 6.07) is 11.7. The molecule has 0 atom stereocenters. The standard InChI is InChI=1S/C16H20N2O3/c1-19-9-10-21-16-8-7-14(12-18-16)17-11-13-5-3-4-6-15(13)20-2/h3-8,12,17H,9-11H2,1-2H3. The van der Waals surface area contributed by atoms with E-state index >= 15 is 0 Å². The lowest BCUT2D eigenvalue weighted by Gasteiger charge is -2.10. The van der Waals surface area contributed by atoms with E-state index in [9.17, 15) is 0 Å². The predicted molar refractivity (Wildman–Crippen MR) is 81.9 cm³/mol. The molecule has 0 spiro atoms. The summed E-state index contributed by atoms with van der Waals surface area (Å²) in [5.41, 5.74) is 2.03. The van der Waals surface area contributed by atoms with Crippen LogP contribution in [0.3, 0.4) is 0 Å². The van der Waals surface area contributed by atoms with Crippen molar-refractivity contribution in [3.63, 3.8) is 0 Å². The van der Waals surface area contributed by atoms with Gasteiger partial charge in [0.25, 0.3) is 0 Å². The van der Waals surface area contributed by atoms with Crippen molar-refractivity contribution >= 4 is 5.69 Å². The van der Waals surface area contributed by atoms with Crippen LogP contribution < -0.4 is 14.8 Å². The summed E-state index contributed by atoms with van der Waals surface area (Å²) in [6.45, 7) is 1.72. The number of hydrogen-bond donors (Lipinski definition) is 1. The Bertz CT molecular complexity index is 543. The Morgan fingerprint density at radius 3 is 2.62 bits per heavy atom. The SMILES string of the molecule is COCCOc1ccc(NCc2ccccc2OC)cn1. The van der Waals surface area contributed by atoms with Crippen LogP contribution in [0.2, 0.25) is 0 Å². The van der Waals surface area contributed by atoms with E-state index in [1.165, 1.54) is 0 Å². The smallest absolute Gasteiger partial charge is 0.213 e. The maximum Gasteiger partial charge on any atom is 0.213 e. The molecular formula is C16H20N2O3. The Kier molecular flexibility index (Phi) is 5.84. The zero-order valence-electron chi connectivity index (χ0n) is 12.3. The van der Waals surface area contributed by atoms with Crippen molar-refractivity contribution in [2.75, 3.05) is 32.8 Å². The molecule has 0 saturated carbocycles. The molecule has 5 heteroatoms. The molecule has 21 heavy (non-hydrogen) atoms. The van der Waals surface area contributed by atoms with Gasteiger partial charge in [-0.15, -0.1) is 0 Å². The molecule has 2 aromatic rings. The number of pyridine rings is 1. The van der Waals surface area contributed by atoms with Gasteiger partial charge in [0.15, 0.2) is 0 Å². The topological polar surface area (TPSA) is 52.6 Å². The molecule has 1 N–H and O–H groups in total. The molecule has 1 heterocycles. The van der Waals surface area contributed by atoms with Gasteiger partial charge in [-0.3, -0.25) is 0 Å². The number of rotatable bonds is 8. The first kappa shape index (κ1) is 15.1. The highest BCUT2D eigenvalue weighted by molar-refractivity contribution is 5.44. The average Bonchev–Trinajstić information content (AvgIpc) is 2.54. The minimum atomic E-state index is 0.498. The molecule has 0 aliphatic heterocycles. The lowest BCUT2D eigenvalue weighted by Crippen LogP contribution is -2.06. The number of ether oxygens (including phenoxy) is 3. The van der Waals surface area contributed by atoms with Crippen LogP contribution in [0.15, 0.2) is 42.6 Å². The van der Waals surface area contributed by atoms with Crippen molar-refractivity contribution in [3.05, 3.63) is 48.2 Å². The highest BCUT2D eigenvalue weighted by Gasteiger charge is 2.02. The molecule has 0 bridgehead atoms. The third-order valence-corrected chi connectivity index (χ3v) is 2.95. The summed E-state index contributed by atoms with van der Waals surface area (Å²) in [7, 11) is 3.31. The molecule has 0 amide bonds. The quantitative estimate of drug-likeness (QED) is 0.757. The normalized spacial score (nSPS) is 10.2. The van der Waals surface area contributed by atoms with Crippen molar-refractivity contribution < 1.29 is 14.2 Å². The summed E-state index contributed by atoms with van der Waals surface area (Å²) in [5.74, 6) is 1.47. The molecule has 0 unspecified atom stereocenters. The van der Waals surface area contributed by atoms with Crippen molar-refractivity contribution in [3.8, 4) is 11.6 Å². The molecule has 0 aliphatic carbocycles. The van der Waals surface area contributed by atoms with E-state index in [0.717, 1.165) is 17.0 Å². The second kappa shape index (κ2) is 8.11. The van der Waals surface area contributed by atoms with E-state index in [1.807, 2.05) is 36.4 Å². The van der Waals surface area contributed by atoms with Crippen LogP contribution in [0.1, 0.15) is 5.56 Å². The Balaban J connectivity index is 1.88. The number of benzene rings is 1. The Hall–Kier alpha value is -2.27. The van der Waals surface area contributed by atoms with E-state index in [4.69, 9.17) is 14.2 Å². The van der Waals surface area contributed by atoms with Crippen LogP contribution in [0.25, 0.3) is 0 Å². The summed E-state index contributed by atoms with van der Waals surface area (Å²) < 4.78 is 15.7. The molecule has 0 aliphatic rings. The number of anilines is 1. The van der Waals surface area contributed by atoms with E-state index in [-0.39, 0.29) is 0 Å². The van der Waals surface area contributed by atoms with Gasteiger partial charge in [-0.2, -0.15) is 0 Å². The number of nitrogens with one attached hydrogen (secondary N) is 1. The third kappa shape index (κ3) is 4.65. The van der Waals surface area contributed by atoms with Gasteiger partial charge >= 0.3 is 0 Å². The van der Waals surface area contributed by atoms with Crippen molar-refractivity contribution in [1.82, 2.24) is 4.98 Å². The largest absolute Gasteiger partial charge is 0.496 e. The minimum absolute atomic E-state index is 0.498. The van der Waals surface area contributed by atoms with Crippen LogP contribution in [-0.2, 0) is 11.3 Å². The number of hydrogen-bond acceptors (Lipinski definition) is 5. The number of para-hydroxylation sites is 1. The van der Waals surface area contributed by atoms with Gasteiger partial charge in [-0.25, -0.2) is 4.98 Å². The average molecular weight is 288 g/mol. The minimum Gasteiger partial charge on any atom is -0.496 e. The zero-order chi connectivity index (χ0) is 14.9. The van der Waals surface area contributed by atoms with Gasteiger partial charge in [0.1, 0.15) is 12.4 Å². The molecule has 0 radical (unpaired) electrons. The van der Waals surface area contributed by atoms with Gasteiger partial charge in [0.2, 0.25) is 5.88 Å². The van der Waals surface area contributed by atoms with Crippen LogP contribution in [0.5, 0.6) is 11.6 Å². The molecular weight excluding hydrogens is 268 g/mol. The predicted octanol–water partition coefficient (Wildman–Crippen LogP) is 2.73. The van der Waals surface area contributed by atoms with Crippen LogP contribution in [0, 0.1) is 0 Å². The fraction of sp³-hybridized carbons (Fsp3) is 0.312. The summed E-state index contributed by atoms with van der Waals surface area (Å²) in [6.07, 6.45) is 1.75. The van der Waals surface area contributed by atoms with Crippen LogP contribution in [-0.4, -0.2) is 32.4 Å². The zero-order valence-corrected chi connectivity index (χ0v) is 12.3. The Labute approximate surface area is 124 Å². The van der Waals surface area contributed by atoms with E-state index in [2.05, 4.69) is 10.3 Å². The lowest BCUT2D eigenvalue weighted by atomic mass is 10.2. The molecule has 1 aromatic carbocycles. The second-order valence-electron chi connectivity index (χ2n) is 4.39. The summed E-state index contributed by atoms with van der Waals surface area (Å²) in [4.78, 5) is 4.23. The van der Waals surface area contributed by atoms with Crippen LogP contribution >= 0.6 is 0 Å². The van der Waals surface area contributed by atoms with Gasteiger partial charge < -0.3 is 19.5 Å². The molecule has 112 valence electrons. The highest BCUT2D eigenvalue weighted by Crippen LogP contribution is 2.19. The Morgan fingerprint density at radius 2 is 1.90 bits per heavy atom. The van der Waals surface area contributed by atoms with Gasteiger partial charge in [0, 0.05) is 25.3 Å². The lowest BCUT2D eigenvalue weighted by molar-refractivity contribution is 0.144. The van der Waals surface area contributed by atoms with E-state index < -0.39 is 0 Å². The third-order valence-electron chi connectivity index (χ3n) is 2.95. The Morgan fingerprint density at radius 1 is 1.05 bits per heavy atom. The van der Waals surface area contributed by atoms with Crippen LogP contribution in [0.4, 0.5) is 5.69 Å². The van der Waals surface area contributed by atoms with Gasteiger partial charge in [-0.1, -0.05) is 18.2 Å². The maximum absolute atomic E-state index is 5.42. The molecule has 5 nitrogen and oxygen atoms in total. The fourth-order valence-corrected chi connectivity index (χ4v) is 1.85. The first-order valence-corrected chi connectivity index (χ1v) is 6.77. The van der Waals surface area contributed by atoms with Crippen molar-refractivity contribution in [1.29, 1.82) is 0 Å². The summed E-state index contributed by atoms with van der Waals surface area (Å²) in [5, 5.41) is 3.31. The number of aromatic nitrogens is 1. The van der Waals surface area contributed by atoms with Gasteiger partial charge in [0.05, 0.1) is 25.6 Å². The molecule has 2 rings (SSSR count). The first-order valence-electron chi connectivity index (χ1n) is 6.77. The first-order chi connectivity index (χ1) is 10.3. The van der Waals surface area contributed by atoms with E-state index in [0.29, 0.717) is 25.6 Å². The summed E-state index contributed by atoms with van der Waals surface area (Å²) >= 11 is 0. The van der Waals surface area contributed by atoms with Crippen molar-refractivity contribution in [2.45, 2.75) is 6.54 Å². The fourth-order valence-electron chi connectivity index (χ4n) is 1.85. The number of methoxy groups -OCH3 is 2. The van der Waals surface area contributed by atoms with Gasteiger partial charge in [-0.05, 0) is 12.1 Å². The monoisotopic (exact) mass is 288 g/mol. The highest BCUT2D eigenvalue weighted by atomic mass is 16.5. The van der Waals surface area contributed by atoms with Crippen molar-refractivity contribution in [2.24, 2.45) is 0 Å².